The van der Waals surface area contributed by atoms with Crippen molar-refractivity contribution < 1.29 is 31.1 Å². The SMILES string of the molecule is O=C(NCCCCSc1nc(-c2ccccc2)c(-c2ccccc2)n1-c1ccccc1)c1cc(C(F)(F)F)cc(C(F)(F)F)c1. The molecule has 0 spiro atoms. The Morgan fingerprint density at radius 2 is 1.24 bits per heavy atom. The van der Waals surface area contributed by atoms with E-state index in [4.69, 9.17) is 4.98 Å². The van der Waals surface area contributed by atoms with Crippen molar-refractivity contribution in [2.45, 2.75) is 30.4 Å². The van der Waals surface area contributed by atoms with E-state index >= 15 is 0 Å². The number of thioether (sulfide) groups is 1. The number of imidazole rings is 1. The maximum atomic E-state index is 13.2. The summed E-state index contributed by atoms with van der Waals surface area (Å²) in [5.41, 5.74) is 0.875. The first kappa shape index (κ1) is 31.9. The highest BCUT2D eigenvalue weighted by atomic mass is 32.2. The number of halogens is 6. The summed E-state index contributed by atoms with van der Waals surface area (Å²) in [5.74, 6) is -0.400. The minimum atomic E-state index is -5.03. The molecule has 0 aliphatic rings. The lowest BCUT2D eigenvalue weighted by molar-refractivity contribution is -0.143. The summed E-state index contributed by atoms with van der Waals surface area (Å²) in [6.07, 6.45) is -9.00. The number of hydrogen-bond donors (Lipinski definition) is 1. The van der Waals surface area contributed by atoms with Gasteiger partial charge in [0.2, 0.25) is 0 Å². The molecule has 0 unspecified atom stereocenters. The average Bonchev–Trinajstić information content (AvgIpc) is 3.42. The molecule has 1 N–H and O–H groups in total. The van der Waals surface area contributed by atoms with Crippen molar-refractivity contribution in [2.24, 2.45) is 0 Å². The van der Waals surface area contributed by atoms with Crippen molar-refractivity contribution in [2.75, 3.05) is 12.3 Å². The molecule has 4 aromatic carbocycles. The molecule has 232 valence electrons. The third-order valence-corrected chi connectivity index (χ3v) is 7.92. The van der Waals surface area contributed by atoms with Gasteiger partial charge in [-0.25, -0.2) is 4.98 Å². The van der Waals surface area contributed by atoms with Crippen LogP contribution in [0.25, 0.3) is 28.2 Å². The van der Waals surface area contributed by atoms with E-state index in [9.17, 15) is 31.1 Å². The second-order valence-corrected chi connectivity index (χ2v) is 11.2. The van der Waals surface area contributed by atoms with Crippen molar-refractivity contribution in [3.63, 3.8) is 0 Å². The molecule has 4 nitrogen and oxygen atoms in total. The molecule has 11 heteroatoms. The van der Waals surface area contributed by atoms with Crippen LogP contribution < -0.4 is 5.32 Å². The Balaban J connectivity index is 1.31. The monoisotopic (exact) mass is 639 g/mol. The fraction of sp³-hybridized carbons (Fsp3) is 0.176. The van der Waals surface area contributed by atoms with E-state index in [0.29, 0.717) is 30.7 Å². The van der Waals surface area contributed by atoms with Gasteiger partial charge in [0.1, 0.15) is 0 Å². The molecule has 0 saturated carbocycles. The molecule has 0 bridgehead atoms. The molecule has 45 heavy (non-hydrogen) atoms. The number of para-hydroxylation sites is 1. The van der Waals surface area contributed by atoms with Crippen LogP contribution in [0.2, 0.25) is 0 Å². The fourth-order valence-electron chi connectivity index (χ4n) is 4.75. The van der Waals surface area contributed by atoms with Crippen LogP contribution in [0.3, 0.4) is 0 Å². The quantitative estimate of drug-likeness (QED) is 0.0941. The predicted octanol–water partition coefficient (Wildman–Crippen LogP) is 9.55. The third kappa shape index (κ3) is 7.78. The molecule has 5 rings (SSSR count). The topological polar surface area (TPSA) is 46.9 Å². The Kier molecular flexibility index (Phi) is 9.67. The number of rotatable bonds is 10. The molecule has 0 radical (unpaired) electrons. The van der Waals surface area contributed by atoms with E-state index in [0.717, 1.165) is 33.4 Å². The maximum Gasteiger partial charge on any atom is 0.416 e. The minimum absolute atomic E-state index is 0.000248. The van der Waals surface area contributed by atoms with Gasteiger partial charge in [-0.15, -0.1) is 0 Å². The van der Waals surface area contributed by atoms with E-state index in [1.54, 1.807) is 0 Å². The molecular formula is C34H27F6N3OS. The van der Waals surface area contributed by atoms with Gasteiger partial charge in [-0.2, -0.15) is 26.3 Å². The fourth-order valence-corrected chi connectivity index (χ4v) is 5.77. The van der Waals surface area contributed by atoms with Crippen LogP contribution in [0.5, 0.6) is 0 Å². The van der Waals surface area contributed by atoms with Crippen molar-refractivity contribution in [3.8, 4) is 28.2 Å². The summed E-state index contributed by atoms with van der Waals surface area (Å²) in [6.45, 7) is 0.0780. The number of benzene rings is 4. The summed E-state index contributed by atoms with van der Waals surface area (Å²) < 4.78 is 81.2. The van der Waals surface area contributed by atoms with Gasteiger partial charge in [0.25, 0.3) is 5.91 Å². The van der Waals surface area contributed by atoms with Gasteiger partial charge in [0, 0.05) is 34.7 Å². The van der Waals surface area contributed by atoms with Crippen molar-refractivity contribution in [1.29, 1.82) is 0 Å². The molecule has 1 amide bonds. The van der Waals surface area contributed by atoms with E-state index in [2.05, 4.69) is 9.88 Å². The van der Waals surface area contributed by atoms with Gasteiger partial charge in [-0.3, -0.25) is 9.36 Å². The van der Waals surface area contributed by atoms with Crippen LogP contribution >= 0.6 is 11.8 Å². The van der Waals surface area contributed by atoms with Gasteiger partial charge in [0.05, 0.1) is 22.5 Å². The summed E-state index contributed by atoms with van der Waals surface area (Å²) in [6, 6.07) is 30.5. The minimum Gasteiger partial charge on any atom is -0.352 e. The van der Waals surface area contributed by atoms with Crippen LogP contribution in [0, 0.1) is 0 Å². The summed E-state index contributed by atoms with van der Waals surface area (Å²) in [5, 5.41) is 3.20. The van der Waals surface area contributed by atoms with Crippen molar-refractivity contribution in [1.82, 2.24) is 14.9 Å². The second-order valence-electron chi connectivity index (χ2n) is 10.1. The molecule has 1 heterocycles. The van der Waals surface area contributed by atoms with Crippen LogP contribution in [-0.4, -0.2) is 27.8 Å². The summed E-state index contributed by atoms with van der Waals surface area (Å²) >= 11 is 1.52. The Morgan fingerprint density at radius 3 is 1.80 bits per heavy atom. The zero-order valence-electron chi connectivity index (χ0n) is 23.7. The predicted molar refractivity (Wildman–Crippen MR) is 163 cm³/mol. The summed E-state index contributed by atoms with van der Waals surface area (Å²) in [7, 11) is 0. The Bertz CT molecular complexity index is 1710. The average molecular weight is 640 g/mol. The van der Waals surface area contributed by atoms with Gasteiger partial charge >= 0.3 is 12.4 Å². The molecular weight excluding hydrogens is 612 g/mol. The van der Waals surface area contributed by atoms with Crippen LogP contribution in [0.1, 0.15) is 34.3 Å². The number of hydrogen-bond acceptors (Lipinski definition) is 3. The lowest BCUT2D eigenvalue weighted by atomic mass is 10.0. The summed E-state index contributed by atoms with van der Waals surface area (Å²) in [4.78, 5) is 17.6. The Labute approximate surface area is 260 Å². The van der Waals surface area contributed by atoms with E-state index in [1.807, 2.05) is 91.0 Å². The molecule has 5 aromatic rings. The highest BCUT2D eigenvalue weighted by molar-refractivity contribution is 7.99. The Hall–Kier alpha value is -4.51. The van der Waals surface area contributed by atoms with E-state index < -0.39 is 35.0 Å². The zero-order valence-corrected chi connectivity index (χ0v) is 24.5. The molecule has 1 aromatic heterocycles. The van der Waals surface area contributed by atoms with Gasteiger partial charge in [0.15, 0.2) is 5.16 Å². The third-order valence-electron chi connectivity index (χ3n) is 6.89. The van der Waals surface area contributed by atoms with Crippen molar-refractivity contribution in [3.05, 3.63) is 126 Å². The van der Waals surface area contributed by atoms with Crippen molar-refractivity contribution >= 4 is 17.7 Å². The lowest BCUT2D eigenvalue weighted by Crippen LogP contribution is -2.25. The molecule has 0 saturated heterocycles. The number of nitrogens with one attached hydrogen (secondary N) is 1. The number of unbranched alkanes of at least 4 members (excludes halogenated alkanes) is 1. The number of carbonyl (C=O) groups excluding carboxylic acids is 1. The van der Waals surface area contributed by atoms with Crippen LogP contribution in [0.15, 0.2) is 114 Å². The maximum absolute atomic E-state index is 13.2. The highest BCUT2D eigenvalue weighted by Crippen LogP contribution is 2.39. The number of alkyl halides is 6. The normalized spacial score (nSPS) is 11.9. The first-order valence-electron chi connectivity index (χ1n) is 14.0. The highest BCUT2D eigenvalue weighted by Gasteiger charge is 2.37. The first-order valence-corrected chi connectivity index (χ1v) is 15.0. The van der Waals surface area contributed by atoms with Gasteiger partial charge < -0.3 is 5.32 Å². The standard InChI is InChI=1S/C34H27F6N3OS/c35-33(36,37)26-20-25(21-27(22-26)34(38,39)40)31(44)41-18-10-11-19-45-32-42-29(23-12-4-1-5-13-23)30(24-14-6-2-7-15-24)43(32)28-16-8-3-9-17-28/h1-9,12-17,20-22H,10-11,18-19H2,(H,41,44). The number of amides is 1. The van der Waals surface area contributed by atoms with Crippen LogP contribution in [0.4, 0.5) is 26.3 Å². The smallest absolute Gasteiger partial charge is 0.352 e. The molecule has 0 atom stereocenters. The first-order chi connectivity index (χ1) is 21.5. The van der Waals surface area contributed by atoms with E-state index in [1.165, 1.54) is 11.8 Å². The number of carbonyl (C=O) groups is 1. The largest absolute Gasteiger partial charge is 0.416 e. The lowest BCUT2D eigenvalue weighted by Gasteiger charge is -2.14. The van der Waals surface area contributed by atoms with E-state index in [-0.39, 0.29) is 12.6 Å². The molecule has 0 fully saturated rings. The van der Waals surface area contributed by atoms with Crippen LogP contribution in [-0.2, 0) is 12.4 Å². The number of nitrogens with zero attached hydrogens (tertiary/aromatic N) is 2. The number of aromatic nitrogens is 2. The Morgan fingerprint density at radius 1 is 0.711 bits per heavy atom. The zero-order chi connectivity index (χ0) is 32.0. The van der Waals surface area contributed by atoms with Gasteiger partial charge in [-0.1, -0.05) is 90.6 Å². The molecule has 0 aliphatic heterocycles. The second kappa shape index (κ2) is 13.6. The molecule has 0 aliphatic carbocycles. The van der Waals surface area contributed by atoms with Gasteiger partial charge in [-0.05, 0) is 43.2 Å².